The molecule has 166 valence electrons. The number of carboxylic acids is 1. The molecule has 4 heteroatoms. The molecule has 4 rings (SSSR count). The van der Waals surface area contributed by atoms with Crippen molar-refractivity contribution < 1.29 is 20.1 Å². The predicted molar refractivity (Wildman–Crippen MR) is 113 cm³/mol. The van der Waals surface area contributed by atoms with Gasteiger partial charge in [0.25, 0.3) is 0 Å². The van der Waals surface area contributed by atoms with Crippen LogP contribution in [-0.4, -0.2) is 27.1 Å². The second-order valence-electron chi connectivity index (χ2n) is 12.0. The molecule has 3 N–H and O–H groups in total. The maximum atomic E-state index is 11.4. The Labute approximate surface area is 176 Å². The van der Waals surface area contributed by atoms with Crippen LogP contribution in [0.1, 0.15) is 91.9 Å². The minimum absolute atomic E-state index is 0.252. The van der Waals surface area contributed by atoms with Gasteiger partial charge in [-0.1, -0.05) is 27.7 Å². The second kappa shape index (κ2) is 7.22. The van der Waals surface area contributed by atoms with Crippen molar-refractivity contribution in [3.05, 3.63) is 0 Å². The van der Waals surface area contributed by atoms with Crippen LogP contribution in [0.15, 0.2) is 0 Å². The molecule has 4 aliphatic carbocycles. The fourth-order valence-corrected chi connectivity index (χ4v) is 9.02. The Balaban J connectivity index is 1.51. The third-order valence-electron chi connectivity index (χ3n) is 10.6. The molecule has 0 bridgehead atoms. The molecule has 0 aromatic heterocycles. The number of hydrogen-bond acceptors (Lipinski definition) is 3. The van der Waals surface area contributed by atoms with E-state index in [1.807, 2.05) is 6.92 Å². The van der Waals surface area contributed by atoms with E-state index < -0.39 is 11.8 Å². The molecule has 0 heterocycles. The van der Waals surface area contributed by atoms with E-state index in [4.69, 9.17) is 0 Å². The van der Waals surface area contributed by atoms with Gasteiger partial charge in [-0.25, -0.2) is 0 Å². The van der Waals surface area contributed by atoms with Gasteiger partial charge in [-0.05, 0) is 97.7 Å². The number of carbonyl (C=O) groups is 1. The highest BCUT2D eigenvalue weighted by atomic mass is 16.5. The maximum absolute atomic E-state index is 11.4. The minimum atomic E-state index is -1.45. The van der Waals surface area contributed by atoms with Gasteiger partial charge in [-0.2, -0.15) is 0 Å². The van der Waals surface area contributed by atoms with Crippen LogP contribution in [0.3, 0.4) is 0 Å². The standard InChI is InChI=1S/C25H42O4/c1-15(13-16(2)22(26)27)19-7-8-20-18-6-5-17-14-25(28,29)12-11-23(17,3)21(18)9-10-24(19,20)4/h15-21,28-29H,5-14H2,1-4H3,(H,26,27)/t15-,16-,17-,18+,19-,20+,21+,23+,24-/m1/s1. The highest BCUT2D eigenvalue weighted by molar-refractivity contribution is 5.69. The molecule has 4 nitrogen and oxygen atoms in total. The lowest BCUT2D eigenvalue weighted by molar-refractivity contribution is -0.233. The van der Waals surface area contributed by atoms with E-state index in [1.165, 1.54) is 32.1 Å². The van der Waals surface area contributed by atoms with E-state index in [1.54, 1.807) is 0 Å². The Morgan fingerprint density at radius 1 is 0.931 bits per heavy atom. The largest absolute Gasteiger partial charge is 0.481 e. The number of aliphatic carboxylic acids is 1. The van der Waals surface area contributed by atoms with E-state index in [-0.39, 0.29) is 11.3 Å². The zero-order valence-electron chi connectivity index (χ0n) is 18.9. The molecular weight excluding hydrogens is 364 g/mol. The number of rotatable bonds is 4. The smallest absolute Gasteiger partial charge is 0.306 e. The van der Waals surface area contributed by atoms with Crippen molar-refractivity contribution >= 4 is 5.97 Å². The van der Waals surface area contributed by atoms with E-state index in [0.29, 0.717) is 36.0 Å². The summed E-state index contributed by atoms with van der Waals surface area (Å²) in [5.41, 5.74) is 0.620. The number of carboxylic acid groups (broad SMARTS) is 1. The van der Waals surface area contributed by atoms with Crippen molar-refractivity contribution in [2.24, 2.45) is 52.3 Å². The van der Waals surface area contributed by atoms with E-state index in [9.17, 15) is 20.1 Å². The summed E-state index contributed by atoms with van der Waals surface area (Å²) in [5, 5.41) is 29.8. The molecule has 4 saturated carbocycles. The normalized spacial score (nSPS) is 48.1. The molecule has 0 spiro atoms. The molecule has 0 radical (unpaired) electrons. The van der Waals surface area contributed by atoms with Crippen molar-refractivity contribution in [3.63, 3.8) is 0 Å². The van der Waals surface area contributed by atoms with Gasteiger partial charge in [0.05, 0.1) is 5.92 Å². The predicted octanol–water partition coefficient (Wildman–Crippen LogP) is 5.07. The summed E-state index contributed by atoms with van der Waals surface area (Å²) in [7, 11) is 0. The summed E-state index contributed by atoms with van der Waals surface area (Å²) in [6, 6.07) is 0. The highest BCUT2D eigenvalue weighted by Crippen LogP contribution is 2.68. The topological polar surface area (TPSA) is 77.8 Å². The van der Waals surface area contributed by atoms with Gasteiger partial charge in [0.15, 0.2) is 5.79 Å². The summed E-state index contributed by atoms with van der Waals surface area (Å²) in [4.78, 5) is 11.4. The van der Waals surface area contributed by atoms with Gasteiger partial charge in [0, 0.05) is 12.8 Å². The fourth-order valence-electron chi connectivity index (χ4n) is 9.02. The molecule has 0 amide bonds. The third kappa shape index (κ3) is 3.46. The molecule has 4 aliphatic rings. The summed E-state index contributed by atoms with van der Waals surface area (Å²) in [6.45, 7) is 9.13. The molecule has 0 aromatic carbocycles. The van der Waals surface area contributed by atoms with Crippen molar-refractivity contribution in [3.8, 4) is 0 Å². The average molecular weight is 407 g/mol. The van der Waals surface area contributed by atoms with Crippen LogP contribution in [0.4, 0.5) is 0 Å². The van der Waals surface area contributed by atoms with Gasteiger partial charge >= 0.3 is 5.97 Å². The monoisotopic (exact) mass is 406 g/mol. The van der Waals surface area contributed by atoms with Gasteiger partial charge < -0.3 is 15.3 Å². The van der Waals surface area contributed by atoms with Crippen LogP contribution < -0.4 is 0 Å². The Bertz CT molecular complexity index is 645. The lowest BCUT2D eigenvalue weighted by Gasteiger charge is -2.61. The first-order valence-electron chi connectivity index (χ1n) is 12.2. The number of hydrogen-bond donors (Lipinski definition) is 3. The van der Waals surface area contributed by atoms with Gasteiger partial charge in [0.1, 0.15) is 0 Å². The average Bonchev–Trinajstić information content (AvgIpc) is 2.99. The van der Waals surface area contributed by atoms with Crippen LogP contribution in [0.5, 0.6) is 0 Å². The molecular formula is C25H42O4. The zero-order chi connectivity index (χ0) is 21.2. The lowest BCUT2D eigenvalue weighted by atomic mass is 9.44. The van der Waals surface area contributed by atoms with Crippen LogP contribution in [0, 0.1) is 52.3 Å². The first-order valence-corrected chi connectivity index (χ1v) is 12.2. The number of fused-ring (bicyclic) bond motifs is 5. The first-order chi connectivity index (χ1) is 13.5. The Morgan fingerprint density at radius 3 is 2.31 bits per heavy atom. The molecule has 29 heavy (non-hydrogen) atoms. The lowest BCUT2D eigenvalue weighted by Crippen LogP contribution is -2.56. The van der Waals surface area contributed by atoms with Crippen molar-refractivity contribution in [1.29, 1.82) is 0 Å². The molecule has 4 fully saturated rings. The fraction of sp³-hybridized carbons (Fsp3) is 0.960. The van der Waals surface area contributed by atoms with Crippen LogP contribution in [0.2, 0.25) is 0 Å². The first kappa shape index (κ1) is 21.6. The van der Waals surface area contributed by atoms with Crippen molar-refractivity contribution in [2.75, 3.05) is 0 Å². The quantitative estimate of drug-likeness (QED) is 0.569. The number of aliphatic hydroxyl groups is 2. The Kier molecular flexibility index (Phi) is 5.38. The summed E-state index contributed by atoms with van der Waals surface area (Å²) < 4.78 is 0. The summed E-state index contributed by atoms with van der Waals surface area (Å²) in [5.74, 6) is 1.47. The maximum Gasteiger partial charge on any atom is 0.306 e. The molecule has 9 atom stereocenters. The van der Waals surface area contributed by atoms with Gasteiger partial charge in [0.2, 0.25) is 0 Å². The van der Waals surface area contributed by atoms with Crippen molar-refractivity contribution in [2.45, 2.75) is 97.7 Å². The SMILES string of the molecule is C[C@H](C[C@@H](C)[C@H]1CC[C@H]2[C@@H]3CC[C@@H]4CC(O)(O)CC[C@]4(C)[C@H]3CC[C@]12C)C(=O)O. The van der Waals surface area contributed by atoms with Crippen LogP contribution >= 0.6 is 0 Å². The van der Waals surface area contributed by atoms with Crippen molar-refractivity contribution in [1.82, 2.24) is 0 Å². The second-order valence-corrected chi connectivity index (χ2v) is 12.0. The Hall–Kier alpha value is -0.610. The van der Waals surface area contributed by atoms with Gasteiger partial charge in [-0.15, -0.1) is 0 Å². The summed E-state index contributed by atoms with van der Waals surface area (Å²) in [6.07, 6.45) is 10.3. The minimum Gasteiger partial charge on any atom is -0.481 e. The van der Waals surface area contributed by atoms with Gasteiger partial charge in [-0.3, -0.25) is 4.79 Å². The van der Waals surface area contributed by atoms with E-state index >= 15 is 0 Å². The molecule has 0 aromatic rings. The molecule has 0 aliphatic heterocycles. The molecule has 0 saturated heterocycles. The zero-order valence-corrected chi connectivity index (χ0v) is 18.9. The molecule has 0 unspecified atom stereocenters. The Morgan fingerprint density at radius 2 is 1.62 bits per heavy atom. The van der Waals surface area contributed by atoms with Crippen LogP contribution in [-0.2, 0) is 4.79 Å². The van der Waals surface area contributed by atoms with Crippen LogP contribution in [0.25, 0.3) is 0 Å². The highest BCUT2D eigenvalue weighted by Gasteiger charge is 2.61. The summed E-state index contributed by atoms with van der Waals surface area (Å²) >= 11 is 0. The van der Waals surface area contributed by atoms with E-state index in [2.05, 4.69) is 20.8 Å². The third-order valence-corrected chi connectivity index (χ3v) is 10.6. The van der Waals surface area contributed by atoms with E-state index in [0.717, 1.165) is 37.0 Å².